The van der Waals surface area contributed by atoms with Gasteiger partial charge in [-0.2, -0.15) is 10.1 Å². The number of hydrogen-bond acceptors (Lipinski definition) is 5. The molecule has 1 aliphatic carbocycles. The highest BCUT2D eigenvalue weighted by molar-refractivity contribution is 6.18. The number of hydrogen-bond donors (Lipinski definition) is 0. The van der Waals surface area contributed by atoms with Crippen LogP contribution in [0.3, 0.4) is 0 Å². The van der Waals surface area contributed by atoms with E-state index >= 15 is 0 Å². The molecule has 3 heterocycles. The van der Waals surface area contributed by atoms with E-state index in [4.69, 9.17) is 0 Å². The van der Waals surface area contributed by atoms with E-state index in [1.165, 1.54) is 5.01 Å². The Bertz CT molecular complexity index is 714. The van der Waals surface area contributed by atoms with Crippen molar-refractivity contribution in [2.75, 3.05) is 5.01 Å². The lowest BCUT2D eigenvalue weighted by Gasteiger charge is -2.35. The molecule has 0 saturated heterocycles. The van der Waals surface area contributed by atoms with Crippen LogP contribution in [-0.4, -0.2) is 31.4 Å². The van der Waals surface area contributed by atoms with Crippen LogP contribution in [0.4, 0.5) is 5.82 Å². The molecule has 0 atom stereocenters. The number of carbonyl (C=O) groups is 1. The van der Waals surface area contributed by atoms with Gasteiger partial charge in [0.1, 0.15) is 6.33 Å². The molecule has 2 aromatic heterocycles. The maximum Gasteiger partial charge on any atom is 0.260 e. The fourth-order valence-corrected chi connectivity index (χ4v) is 2.87. The number of hydrazone groups is 1. The maximum atomic E-state index is 12.6. The Hall–Kier alpha value is -2.57. The fraction of sp³-hybridized carbons (Fsp3) is 0.357. The zero-order valence-electron chi connectivity index (χ0n) is 11.6. The largest absolute Gasteiger partial charge is 0.289 e. The molecule has 4 rings (SSSR count). The molecule has 2 aromatic rings. The van der Waals surface area contributed by atoms with Crippen molar-refractivity contribution >= 4 is 17.4 Å². The molecule has 1 saturated carbocycles. The molecule has 0 radical (unpaired) electrons. The molecule has 7 heteroatoms. The van der Waals surface area contributed by atoms with Gasteiger partial charge in [0.25, 0.3) is 5.91 Å². The highest BCUT2D eigenvalue weighted by atomic mass is 16.2. The number of aromatic nitrogens is 4. The minimum atomic E-state index is -0.370. The Balaban J connectivity index is 1.64. The van der Waals surface area contributed by atoms with Crippen LogP contribution < -0.4 is 5.01 Å². The van der Waals surface area contributed by atoms with Crippen molar-refractivity contribution in [2.45, 2.75) is 26.2 Å². The Morgan fingerprint density at radius 1 is 1.19 bits per heavy atom. The van der Waals surface area contributed by atoms with Crippen LogP contribution in [-0.2, 0) is 4.79 Å². The van der Waals surface area contributed by atoms with E-state index in [9.17, 15) is 4.79 Å². The molecular formula is C14H14N6O. The second-order valence-electron chi connectivity index (χ2n) is 5.46. The van der Waals surface area contributed by atoms with E-state index in [2.05, 4.69) is 20.3 Å². The van der Waals surface area contributed by atoms with Crippen molar-refractivity contribution in [1.29, 1.82) is 0 Å². The Kier molecular flexibility index (Phi) is 2.44. The number of amides is 1. The van der Waals surface area contributed by atoms with E-state index in [1.807, 2.05) is 6.92 Å². The standard InChI is InChI=1S/C14H14N6O/c1-10-14(5-2-6-14)13(21)20(18-10)12-4-3-11(16-17-12)19-8-7-15-9-19/h3-4,7-9H,2,5-6H2,1H3. The summed E-state index contributed by atoms with van der Waals surface area (Å²) in [4.78, 5) is 16.5. The Morgan fingerprint density at radius 2 is 1.95 bits per heavy atom. The molecule has 0 bridgehead atoms. The lowest BCUT2D eigenvalue weighted by molar-refractivity contribution is -0.127. The van der Waals surface area contributed by atoms with Gasteiger partial charge in [0, 0.05) is 12.4 Å². The molecule has 0 unspecified atom stereocenters. The third-order valence-electron chi connectivity index (χ3n) is 4.37. The first-order chi connectivity index (χ1) is 10.2. The predicted octanol–water partition coefficient (Wildman–Crippen LogP) is 1.56. The molecule has 0 N–H and O–H groups in total. The van der Waals surface area contributed by atoms with Crippen LogP contribution in [0.15, 0.2) is 36.0 Å². The van der Waals surface area contributed by atoms with Crippen LogP contribution in [0.1, 0.15) is 26.2 Å². The van der Waals surface area contributed by atoms with Crippen molar-refractivity contribution in [1.82, 2.24) is 19.7 Å². The van der Waals surface area contributed by atoms with Gasteiger partial charge in [0.2, 0.25) is 0 Å². The summed E-state index contributed by atoms with van der Waals surface area (Å²) in [6.07, 6.45) is 7.97. The molecule has 1 aliphatic heterocycles. The quantitative estimate of drug-likeness (QED) is 0.837. The number of imidazole rings is 1. The van der Waals surface area contributed by atoms with Gasteiger partial charge in [0.15, 0.2) is 11.6 Å². The average molecular weight is 282 g/mol. The van der Waals surface area contributed by atoms with Crippen molar-refractivity contribution in [3.05, 3.63) is 30.9 Å². The summed E-state index contributed by atoms with van der Waals surface area (Å²) in [5.41, 5.74) is 0.518. The smallest absolute Gasteiger partial charge is 0.260 e. The monoisotopic (exact) mass is 282 g/mol. The van der Waals surface area contributed by atoms with E-state index in [0.717, 1.165) is 25.0 Å². The molecule has 2 aliphatic rings. The molecular weight excluding hydrogens is 268 g/mol. The lowest BCUT2D eigenvalue weighted by Crippen LogP contribution is -2.44. The minimum absolute atomic E-state index is 0.0240. The SMILES string of the molecule is CC1=NN(c2ccc(-n3ccnc3)nn2)C(=O)C12CCC2. The van der Waals surface area contributed by atoms with E-state index in [-0.39, 0.29) is 11.3 Å². The number of anilines is 1. The summed E-state index contributed by atoms with van der Waals surface area (Å²) < 4.78 is 1.75. The fourth-order valence-electron chi connectivity index (χ4n) is 2.87. The molecule has 0 aromatic carbocycles. The van der Waals surface area contributed by atoms with Gasteiger partial charge in [0.05, 0.1) is 11.1 Å². The second kappa shape index (κ2) is 4.21. The third-order valence-corrected chi connectivity index (χ3v) is 4.37. The van der Waals surface area contributed by atoms with Crippen LogP contribution in [0.2, 0.25) is 0 Å². The first kappa shape index (κ1) is 12.2. The predicted molar refractivity (Wildman–Crippen MR) is 76.0 cm³/mol. The van der Waals surface area contributed by atoms with Gasteiger partial charge < -0.3 is 0 Å². The maximum absolute atomic E-state index is 12.6. The Labute approximate surface area is 121 Å². The van der Waals surface area contributed by atoms with Crippen LogP contribution >= 0.6 is 0 Å². The lowest BCUT2D eigenvalue weighted by atomic mass is 9.66. The highest BCUT2D eigenvalue weighted by Crippen LogP contribution is 2.47. The molecule has 1 fully saturated rings. The van der Waals surface area contributed by atoms with E-state index < -0.39 is 0 Å². The van der Waals surface area contributed by atoms with Gasteiger partial charge in [-0.25, -0.2) is 4.98 Å². The summed E-state index contributed by atoms with van der Waals surface area (Å²) in [5, 5.41) is 14.0. The molecule has 1 amide bonds. The first-order valence-corrected chi connectivity index (χ1v) is 6.93. The zero-order valence-corrected chi connectivity index (χ0v) is 11.6. The van der Waals surface area contributed by atoms with Gasteiger partial charge in [-0.15, -0.1) is 10.2 Å². The average Bonchev–Trinajstić information content (AvgIpc) is 3.05. The first-order valence-electron chi connectivity index (χ1n) is 6.93. The van der Waals surface area contributed by atoms with Crippen LogP contribution in [0.25, 0.3) is 5.82 Å². The van der Waals surface area contributed by atoms with Crippen molar-refractivity contribution < 1.29 is 4.79 Å². The van der Waals surface area contributed by atoms with Crippen molar-refractivity contribution in [3.63, 3.8) is 0 Å². The summed E-state index contributed by atoms with van der Waals surface area (Å²) in [7, 11) is 0. The topological polar surface area (TPSA) is 76.3 Å². The van der Waals surface area contributed by atoms with Gasteiger partial charge in [-0.3, -0.25) is 9.36 Å². The number of carbonyl (C=O) groups excluding carboxylic acids is 1. The molecule has 7 nitrogen and oxygen atoms in total. The zero-order chi connectivity index (χ0) is 14.4. The van der Waals surface area contributed by atoms with Gasteiger partial charge in [-0.05, 0) is 31.9 Å². The number of nitrogens with zero attached hydrogens (tertiary/aromatic N) is 6. The van der Waals surface area contributed by atoms with E-state index in [1.54, 1.807) is 35.4 Å². The van der Waals surface area contributed by atoms with Crippen molar-refractivity contribution in [2.24, 2.45) is 10.5 Å². The van der Waals surface area contributed by atoms with Gasteiger partial charge >= 0.3 is 0 Å². The summed E-state index contributed by atoms with van der Waals surface area (Å²) in [5.74, 6) is 1.14. The third kappa shape index (κ3) is 1.63. The highest BCUT2D eigenvalue weighted by Gasteiger charge is 2.53. The number of rotatable bonds is 2. The summed E-state index contributed by atoms with van der Waals surface area (Å²) in [6.45, 7) is 1.92. The summed E-state index contributed by atoms with van der Waals surface area (Å²) >= 11 is 0. The normalized spacial score (nSPS) is 19.8. The minimum Gasteiger partial charge on any atom is -0.289 e. The Morgan fingerprint density at radius 3 is 2.48 bits per heavy atom. The molecule has 1 spiro atoms. The van der Waals surface area contributed by atoms with Crippen LogP contribution in [0.5, 0.6) is 0 Å². The van der Waals surface area contributed by atoms with E-state index in [0.29, 0.717) is 11.6 Å². The van der Waals surface area contributed by atoms with Gasteiger partial charge in [-0.1, -0.05) is 6.42 Å². The summed E-state index contributed by atoms with van der Waals surface area (Å²) in [6, 6.07) is 3.56. The molecule has 21 heavy (non-hydrogen) atoms. The molecule has 106 valence electrons. The van der Waals surface area contributed by atoms with Crippen molar-refractivity contribution in [3.8, 4) is 5.82 Å². The van der Waals surface area contributed by atoms with Crippen LogP contribution in [0, 0.1) is 5.41 Å². The second-order valence-corrected chi connectivity index (χ2v) is 5.46.